The summed E-state index contributed by atoms with van der Waals surface area (Å²) < 4.78 is 4.70. The number of halogens is 1. The van der Waals surface area contributed by atoms with Crippen molar-refractivity contribution in [3.05, 3.63) is 57.0 Å². The van der Waals surface area contributed by atoms with E-state index >= 15 is 0 Å². The van der Waals surface area contributed by atoms with Gasteiger partial charge in [-0.05, 0) is 24.6 Å². The van der Waals surface area contributed by atoms with Gasteiger partial charge in [-0.1, -0.05) is 29.8 Å². The van der Waals surface area contributed by atoms with E-state index in [-0.39, 0.29) is 12.3 Å². The van der Waals surface area contributed by atoms with E-state index in [4.69, 9.17) is 16.3 Å². The number of hydrogen-bond acceptors (Lipinski definition) is 5. The normalized spacial score (nSPS) is 12.1. The largest absolute Gasteiger partial charge is 0.469 e. The molecule has 2 aromatic rings. The minimum absolute atomic E-state index is 0.00434. The van der Waals surface area contributed by atoms with E-state index in [2.05, 4.69) is 10.3 Å². The van der Waals surface area contributed by atoms with Crippen LogP contribution >= 0.6 is 22.9 Å². The molecule has 1 aromatic heterocycles. The van der Waals surface area contributed by atoms with Gasteiger partial charge in [-0.2, -0.15) is 0 Å². The molecule has 0 aliphatic heterocycles. The van der Waals surface area contributed by atoms with Crippen molar-refractivity contribution < 1.29 is 14.3 Å². The number of nitrogens with zero attached hydrogens (tertiary/aromatic N) is 1. The summed E-state index contributed by atoms with van der Waals surface area (Å²) in [6.45, 7) is 1.89. The van der Waals surface area contributed by atoms with Crippen LogP contribution in [0.3, 0.4) is 0 Å². The average Bonchev–Trinajstić information content (AvgIpc) is 2.98. The zero-order chi connectivity index (χ0) is 17.5. The maximum Gasteiger partial charge on any atom is 0.307 e. The maximum atomic E-state index is 12.2. The molecule has 0 radical (unpaired) electrons. The summed E-state index contributed by atoms with van der Waals surface area (Å²) in [7, 11) is 1.30. The zero-order valence-electron chi connectivity index (χ0n) is 13.3. The Labute approximate surface area is 149 Å². The third kappa shape index (κ3) is 5.18. The molecule has 0 saturated heterocycles. The summed E-state index contributed by atoms with van der Waals surface area (Å²) >= 11 is 7.68. The number of esters is 1. The molecule has 0 bridgehead atoms. The van der Waals surface area contributed by atoms with Gasteiger partial charge in [0.2, 0.25) is 5.91 Å². The second kappa shape index (κ2) is 8.61. The molecule has 1 amide bonds. The van der Waals surface area contributed by atoms with Crippen LogP contribution < -0.4 is 5.32 Å². The number of amides is 1. The number of rotatable bonds is 6. The van der Waals surface area contributed by atoms with Crippen LogP contribution in [0.2, 0.25) is 5.02 Å². The summed E-state index contributed by atoms with van der Waals surface area (Å²) in [5.41, 5.74) is 1.38. The van der Waals surface area contributed by atoms with Gasteiger partial charge >= 0.3 is 5.97 Å². The number of carbonyl (C=O) groups is 2. The Hall–Kier alpha value is -2.18. The molecule has 0 saturated carbocycles. The van der Waals surface area contributed by atoms with E-state index in [0.717, 1.165) is 10.7 Å². The van der Waals surface area contributed by atoms with Crippen molar-refractivity contribution in [1.29, 1.82) is 0 Å². The van der Waals surface area contributed by atoms with E-state index in [9.17, 15) is 9.59 Å². The summed E-state index contributed by atoms with van der Waals surface area (Å²) in [5.74, 6) is -0.770. The maximum absolute atomic E-state index is 12.2. The first-order valence-corrected chi connectivity index (χ1v) is 8.47. The summed E-state index contributed by atoms with van der Waals surface area (Å²) in [4.78, 5) is 28.0. The highest BCUT2D eigenvalue weighted by Gasteiger charge is 2.20. The van der Waals surface area contributed by atoms with Gasteiger partial charge < -0.3 is 10.1 Å². The Morgan fingerprint density at radius 3 is 2.79 bits per heavy atom. The SMILES string of the molecule is COC(=O)CC(NC(=O)/C=C/c1csc(C)n1)c1ccccc1Cl. The van der Waals surface area contributed by atoms with Crippen LogP contribution in [0.25, 0.3) is 6.08 Å². The van der Waals surface area contributed by atoms with Crippen LogP contribution in [-0.2, 0) is 14.3 Å². The number of thiazole rings is 1. The average molecular weight is 365 g/mol. The van der Waals surface area contributed by atoms with Gasteiger partial charge in [-0.15, -0.1) is 11.3 Å². The van der Waals surface area contributed by atoms with Crippen LogP contribution in [0.4, 0.5) is 0 Å². The first kappa shape index (κ1) is 18.2. The molecule has 5 nitrogen and oxygen atoms in total. The molecule has 1 atom stereocenters. The minimum atomic E-state index is -0.569. The predicted molar refractivity (Wildman–Crippen MR) is 94.9 cm³/mol. The highest BCUT2D eigenvalue weighted by Crippen LogP contribution is 2.25. The van der Waals surface area contributed by atoms with E-state index in [1.165, 1.54) is 24.5 Å². The summed E-state index contributed by atoms with van der Waals surface area (Å²) in [6, 6.07) is 6.49. The van der Waals surface area contributed by atoms with Gasteiger partial charge in [-0.25, -0.2) is 4.98 Å². The zero-order valence-corrected chi connectivity index (χ0v) is 14.9. The number of carbonyl (C=O) groups excluding carboxylic acids is 2. The Balaban J connectivity index is 2.12. The van der Waals surface area contributed by atoms with Crippen LogP contribution in [0.5, 0.6) is 0 Å². The van der Waals surface area contributed by atoms with Crippen LogP contribution in [0.15, 0.2) is 35.7 Å². The first-order valence-electron chi connectivity index (χ1n) is 7.21. The smallest absolute Gasteiger partial charge is 0.307 e. The lowest BCUT2D eigenvalue weighted by Crippen LogP contribution is -2.29. The Morgan fingerprint density at radius 1 is 1.42 bits per heavy atom. The fraction of sp³-hybridized carbons (Fsp3) is 0.235. The number of benzene rings is 1. The molecule has 1 aromatic carbocycles. The number of ether oxygens (including phenoxy) is 1. The number of aromatic nitrogens is 1. The fourth-order valence-corrected chi connectivity index (χ4v) is 2.93. The van der Waals surface area contributed by atoms with E-state index < -0.39 is 12.0 Å². The van der Waals surface area contributed by atoms with Crippen molar-refractivity contribution >= 4 is 40.9 Å². The number of hydrogen-bond donors (Lipinski definition) is 1. The van der Waals surface area contributed by atoms with Gasteiger partial charge in [0, 0.05) is 16.5 Å². The standard InChI is InChI=1S/C17H17ClN2O3S/c1-11-19-12(10-24-11)7-8-16(21)20-15(9-17(22)23-2)13-5-3-4-6-14(13)18/h3-8,10,15H,9H2,1-2H3,(H,20,21)/b8-7+. The molecular formula is C17H17ClN2O3S. The van der Waals surface area contributed by atoms with E-state index in [0.29, 0.717) is 10.6 Å². The van der Waals surface area contributed by atoms with Crippen molar-refractivity contribution in [2.75, 3.05) is 7.11 Å². The monoisotopic (exact) mass is 364 g/mol. The van der Waals surface area contributed by atoms with Crippen LogP contribution in [-0.4, -0.2) is 24.0 Å². The van der Waals surface area contributed by atoms with Crippen molar-refractivity contribution in [1.82, 2.24) is 10.3 Å². The van der Waals surface area contributed by atoms with Crippen molar-refractivity contribution in [2.24, 2.45) is 0 Å². The highest BCUT2D eigenvalue weighted by molar-refractivity contribution is 7.09. The molecule has 2 rings (SSSR count). The van der Waals surface area contributed by atoms with Crippen molar-refractivity contribution in [3.8, 4) is 0 Å². The van der Waals surface area contributed by atoms with Gasteiger partial charge in [0.25, 0.3) is 0 Å². The van der Waals surface area contributed by atoms with Crippen molar-refractivity contribution in [3.63, 3.8) is 0 Å². The molecule has 24 heavy (non-hydrogen) atoms. The lowest BCUT2D eigenvalue weighted by atomic mass is 10.0. The lowest BCUT2D eigenvalue weighted by molar-refractivity contribution is -0.141. The third-order valence-corrected chi connectivity index (χ3v) is 4.37. The van der Waals surface area contributed by atoms with Crippen molar-refractivity contribution in [2.45, 2.75) is 19.4 Å². The molecule has 1 unspecified atom stereocenters. The van der Waals surface area contributed by atoms with Crippen LogP contribution in [0, 0.1) is 6.92 Å². The molecule has 0 spiro atoms. The second-order valence-corrected chi connectivity index (χ2v) is 6.46. The molecule has 0 fully saturated rings. The summed E-state index contributed by atoms with van der Waals surface area (Å²) in [5, 5.41) is 6.04. The Morgan fingerprint density at radius 2 is 2.17 bits per heavy atom. The van der Waals surface area contributed by atoms with Gasteiger partial charge in [-0.3, -0.25) is 9.59 Å². The Kier molecular flexibility index (Phi) is 6.52. The number of methoxy groups -OCH3 is 1. The van der Waals surface area contributed by atoms with Gasteiger partial charge in [0.05, 0.1) is 30.3 Å². The second-order valence-electron chi connectivity index (χ2n) is 4.99. The predicted octanol–water partition coefficient (Wildman–Crippen LogP) is 3.54. The topological polar surface area (TPSA) is 68.3 Å². The summed E-state index contributed by atoms with van der Waals surface area (Å²) in [6.07, 6.45) is 3.01. The molecular weight excluding hydrogens is 348 g/mol. The van der Waals surface area contributed by atoms with Crippen LogP contribution in [0.1, 0.15) is 28.7 Å². The molecule has 1 heterocycles. The fourth-order valence-electron chi connectivity index (χ4n) is 2.08. The quantitative estimate of drug-likeness (QED) is 0.628. The number of aryl methyl sites for hydroxylation is 1. The minimum Gasteiger partial charge on any atom is -0.469 e. The van der Waals surface area contributed by atoms with E-state index in [1.54, 1.807) is 30.3 Å². The Bertz CT molecular complexity index is 758. The molecule has 126 valence electrons. The molecule has 0 aliphatic carbocycles. The lowest BCUT2D eigenvalue weighted by Gasteiger charge is -2.18. The van der Waals surface area contributed by atoms with Gasteiger partial charge in [0.15, 0.2) is 0 Å². The third-order valence-electron chi connectivity index (χ3n) is 3.24. The first-order chi connectivity index (χ1) is 11.5. The van der Waals surface area contributed by atoms with E-state index in [1.807, 2.05) is 12.3 Å². The number of nitrogens with one attached hydrogen (secondary N) is 1. The molecule has 7 heteroatoms. The molecule has 0 aliphatic rings. The molecule has 1 N–H and O–H groups in total. The van der Waals surface area contributed by atoms with Gasteiger partial charge in [0.1, 0.15) is 0 Å². The highest BCUT2D eigenvalue weighted by atomic mass is 35.5.